The molecule has 0 saturated heterocycles. The highest BCUT2D eigenvalue weighted by Crippen LogP contribution is 2.72. The molecule has 1 aromatic heterocycles. The van der Waals surface area contributed by atoms with E-state index in [0.717, 1.165) is 24.2 Å². The van der Waals surface area contributed by atoms with E-state index in [0.29, 0.717) is 17.3 Å². The maximum absolute atomic E-state index is 11.9. The van der Waals surface area contributed by atoms with Gasteiger partial charge in [-0.3, -0.25) is 4.79 Å². The second-order valence-electron chi connectivity index (χ2n) is 12.6. The van der Waals surface area contributed by atoms with Crippen LogP contribution in [0, 0.1) is 34.0 Å². The monoisotopic (exact) mass is 428 g/mol. The molecule has 0 radical (unpaired) electrons. The van der Waals surface area contributed by atoms with Crippen LogP contribution in [0.4, 0.5) is 0 Å². The predicted molar refractivity (Wildman–Crippen MR) is 119 cm³/mol. The molecule has 5 rings (SSSR count). The SMILES string of the molecule is CC(=O)O[C@@H]1C[C@H]2[C@]3(C)CCC4C(C)(C)CCC[C@]4(C)[C@H]3C[C@@H](O)[C@]2(C)c2occc21. The zero-order valence-electron chi connectivity index (χ0n) is 20.2. The van der Waals surface area contributed by atoms with Crippen LogP contribution in [0.25, 0.3) is 0 Å². The lowest BCUT2D eigenvalue weighted by molar-refractivity contribution is -0.217. The Labute approximate surface area is 187 Å². The molecule has 1 N–H and O–H groups in total. The lowest BCUT2D eigenvalue weighted by atomic mass is 9.35. The highest BCUT2D eigenvalue weighted by Gasteiger charge is 2.68. The number of carbonyl (C=O) groups excluding carboxylic acids is 1. The fraction of sp³-hybridized carbons (Fsp3) is 0.815. The molecule has 4 aliphatic rings. The number of carbonyl (C=O) groups is 1. The highest BCUT2D eigenvalue weighted by atomic mass is 16.5. The van der Waals surface area contributed by atoms with E-state index in [1.807, 2.05) is 6.07 Å². The third kappa shape index (κ3) is 2.72. The second-order valence-corrected chi connectivity index (χ2v) is 12.6. The number of hydrogen-bond acceptors (Lipinski definition) is 4. The molecule has 4 aliphatic carbocycles. The van der Waals surface area contributed by atoms with E-state index in [1.165, 1.54) is 39.0 Å². The number of rotatable bonds is 1. The van der Waals surface area contributed by atoms with Gasteiger partial charge < -0.3 is 14.3 Å². The van der Waals surface area contributed by atoms with Crippen molar-refractivity contribution < 1.29 is 19.1 Å². The van der Waals surface area contributed by atoms with Gasteiger partial charge in [0.15, 0.2) is 0 Å². The number of aliphatic hydroxyl groups is 1. The van der Waals surface area contributed by atoms with Crippen molar-refractivity contribution in [3.05, 3.63) is 23.7 Å². The van der Waals surface area contributed by atoms with Crippen molar-refractivity contribution >= 4 is 5.97 Å². The topological polar surface area (TPSA) is 59.7 Å². The molecular formula is C27H40O4. The third-order valence-corrected chi connectivity index (χ3v) is 10.8. The first kappa shape index (κ1) is 21.6. The summed E-state index contributed by atoms with van der Waals surface area (Å²) in [5.74, 6) is 2.00. The van der Waals surface area contributed by atoms with Crippen molar-refractivity contribution in [1.82, 2.24) is 0 Å². The molecule has 0 spiro atoms. The van der Waals surface area contributed by atoms with Crippen molar-refractivity contribution in [2.45, 2.75) is 104 Å². The van der Waals surface area contributed by atoms with Crippen LogP contribution in [0.2, 0.25) is 0 Å². The summed E-state index contributed by atoms with van der Waals surface area (Å²) in [4.78, 5) is 11.9. The van der Waals surface area contributed by atoms with Gasteiger partial charge in [0.05, 0.1) is 17.8 Å². The zero-order valence-corrected chi connectivity index (χ0v) is 20.2. The molecule has 4 heteroatoms. The van der Waals surface area contributed by atoms with E-state index in [2.05, 4.69) is 34.6 Å². The summed E-state index contributed by atoms with van der Waals surface area (Å²) in [5, 5.41) is 11.7. The molecular weight excluding hydrogens is 388 g/mol. The molecule has 0 bridgehead atoms. The molecule has 3 saturated carbocycles. The van der Waals surface area contributed by atoms with Gasteiger partial charge in [-0.05, 0) is 85.5 Å². The van der Waals surface area contributed by atoms with Gasteiger partial charge in [0.2, 0.25) is 0 Å². The molecule has 0 aromatic carbocycles. The van der Waals surface area contributed by atoms with E-state index in [4.69, 9.17) is 9.15 Å². The maximum atomic E-state index is 11.9. The van der Waals surface area contributed by atoms with Crippen molar-refractivity contribution in [1.29, 1.82) is 0 Å². The normalized spacial score (nSPS) is 48.0. The summed E-state index contributed by atoms with van der Waals surface area (Å²) < 4.78 is 11.9. The molecule has 4 nitrogen and oxygen atoms in total. The minimum absolute atomic E-state index is 0.0928. The summed E-state index contributed by atoms with van der Waals surface area (Å²) in [6, 6.07) is 1.94. The molecule has 31 heavy (non-hydrogen) atoms. The van der Waals surface area contributed by atoms with E-state index in [1.54, 1.807) is 6.26 Å². The van der Waals surface area contributed by atoms with Gasteiger partial charge in [-0.25, -0.2) is 0 Å². The first-order valence-corrected chi connectivity index (χ1v) is 12.4. The molecule has 0 amide bonds. The summed E-state index contributed by atoms with van der Waals surface area (Å²) >= 11 is 0. The van der Waals surface area contributed by atoms with Gasteiger partial charge in [-0.2, -0.15) is 0 Å². The van der Waals surface area contributed by atoms with Crippen LogP contribution in [0.3, 0.4) is 0 Å². The molecule has 1 heterocycles. The number of esters is 1. The molecule has 3 fully saturated rings. The number of ether oxygens (including phenoxy) is 1. The van der Waals surface area contributed by atoms with E-state index >= 15 is 0 Å². The van der Waals surface area contributed by atoms with Crippen molar-refractivity contribution in [3.63, 3.8) is 0 Å². The largest absolute Gasteiger partial charge is 0.468 e. The van der Waals surface area contributed by atoms with Crippen molar-refractivity contribution in [3.8, 4) is 0 Å². The van der Waals surface area contributed by atoms with Gasteiger partial charge >= 0.3 is 5.97 Å². The lowest BCUT2D eigenvalue weighted by Crippen LogP contribution is -2.66. The average Bonchev–Trinajstić information content (AvgIpc) is 3.16. The Bertz CT molecular complexity index is 886. The Morgan fingerprint density at radius 2 is 1.74 bits per heavy atom. The number of aliphatic hydroxyl groups excluding tert-OH is 1. The van der Waals surface area contributed by atoms with Crippen molar-refractivity contribution in [2.75, 3.05) is 0 Å². The zero-order chi connectivity index (χ0) is 22.4. The molecule has 1 aromatic rings. The van der Waals surface area contributed by atoms with E-state index < -0.39 is 11.5 Å². The number of furan rings is 1. The van der Waals surface area contributed by atoms with Gasteiger partial charge in [0.25, 0.3) is 0 Å². The Hall–Kier alpha value is -1.29. The van der Waals surface area contributed by atoms with E-state index in [-0.39, 0.29) is 28.8 Å². The predicted octanol–water partition coefficient (Wildman–Crippen LogP) is 6.17. The molecule has 1 unspecified atom stereocenters. The first-order valence-electron chi connectivity index (χ1n) is 12.4. The minimum Gasteiger partial charge on any atom is -0.468 e. The van der Waals surface area contributed by atoms with Gasteiger partial charge in [0, 0.05) is 12.5 Å². The number of fused-ring (bicyclic) bond motifs is 7. The Morgan fingerprint density at radius 1 is 1.03 bits per heavy atom. The van der Waals surface area contributed by atoms with Crippen LogP contribution >= 0.6 is 0 Å². The summed E-state index contributed by atoms with van der Waals surface area (Å²) in [6.07, 6.45) is 8.88. The van der Waals surface area contributed by atoms with E-state index in [9.17, 15) is 9.90 Å². The summed E-state index contributed by atoms with van der Waals surface area (Å²) in [6.45, 7) is 13.6. The van der Waals surface area contributed by atoms with Crippen LogP contribution in [0.15, 0.2) is 16.7 Å². The molecule has 172 valence electrons. The second kappa shape index (κ2) is 6.62. The van der Waals surface area contributed by atoms with Crippen LogP contribution in [0.1, 0.15) is 104 Å². The van der Waals surface area contributed by atoms with Gasteiger partial charge in [0.1, 0.15) is 11.9 Å². The fourth-order valence-corrected chi connectivity index (χ4v) is 9.51. The summed E-state index contributed by atoms with van der Waals surface area (Å²) in [7, 11) is 0. The quantitative estimate of drug-likeness (QED) is 0.543. The standard InChI is InChI=1S/C27H40O4/c1-16(28)31-18-14-21-26(5)12-8-19-24(2,3)10-7-11-25(19,4)20(26)15-22(29)27(21,6)23-17(18)9-13-30-23/h9,13,18-22,29H,7-8,10-12,14-15H2,1-6H3/t18-,19?,20-,21+,22-,25+,26-,27-/m1/s1. The first-order chi connectivity index (χ1) is 14.4. The van der Waals surface area contributed by atoms with Gasteiger partial charge in [-0.1, -0.05) is 34.1 Å². The van der Waals surface area contributed by atoms with Crippen LogP contribution < -0.4 is 0 Å². The third-order valence-electron chi connectivity index (χ3n) is 10.8. The molecule has 8 atom stereocenters. The molecule has 0 aliphatic heterocycles. The Balaban J connectivity index is 1.61. The fourth-order valence-electron chi connectivity index (χ4n) is 9.51. The van der Waals surface area contributed by atoms with Gasteiger partial charge in [-0.15, -0.1) is 0 Å². The van der Waals surface area contributed by atoms with Crippen LogP contribution in [0.5, 0.6) is 0 Å². The Morgan fingerprint density at radius 3 is 2.45 bits per heavy atom. The van der Waals surface area contributed by atoms with Crippen molar-refractivity contribution in [2.24, 2.45) is 34.0 Å². The highest BCUT2D eigenvalue weighted by molar-refractivity contribution is 5.66. The minimum atomic E-state index is -0.445. The summed E-state index contributed by atoms with van der Waals surface area (Å²) in [5.41, 5.74) is 1.22. The average molecular weight is 429 g/mol. The lowest BCUT2D eigenvalue weighted by Gasteiger charge is -2.69. The number of hydrogen-bond donors (Lipinski definition) is 1. The Kier molecular flexibility index (Phi) is 4.60. The van der Waals surface area contributed by atoms with Crippen LogP contribution in [-0.2, 0) is 14.9 Å². The van der Waals surface area contributed by atoms with Crippen LogP contribution in [-0.4, -0.2) is 17.2 Å². The smallest absolute Gasteiger partial charge is 0.303 e. The maximum Gasteiger partial charge on any atom is 0.303 e.